The van der Waals surface area contributed by atoms with Crippen LogP contribution < -0.4 is 0 Å². The Morgan fingerprint density at radius 1 is 1.06 bits per heavy atom. The lowest BCUT2D eigenvalue weighted by Crippen LogP contribution is -2.40. The van der Waals surface area contributed by atoms with Crippen LogP contribution in [0.4, 0.5) is 0 Å². The van der Waals surface area contributed by atoms with Gasteiger partial charge in [0.2, 0.25) is 5.78 Å². The highest BCUT2D eigenvalue weighted by Crippen LogP contribution is 2.82. The summed E-state index contributed by atoms with van der Waals surface area (Å²) >= 11 is 0. The molecule has 17 heavy (non-hydrogen) atoms. The van der Waals surface area contributed by atoms with Gasteiger partial charge in [0.15, 0.2) is 0 Å². The number of carbonyl (C=O) groups excluding carboxylic acids is 1. The molecule has 7 heteroatoms. The Morgan fingerprint density at radius 2 is 1.59 bits per heavy atom. The van der Waals surface area contributed by atoms with Gasteiger partial charge in [-0.2, -0.15) is 0 Å². The van der Waals surface area contributed by atoms with Crippen molar-refractivity contribution in [3.05, 3.63) is 0 Å². The summed E-state index contributed by atoms with van der Waals surface area (Å²) in [5.74, 6) is -7.23. The van der Waals surface area contributed by atoms with Crippen LogP contribution in [0, 0.1) is 22.7 Å². The fourth-order valence-electron chi connectivity index (χ4n) is 3.29. The summed E-state index contributed by atoms with van der Waals surface area (Å²) in [5.41, 5.74) is -3.00. The zero-order chi connectivity index (χ0) is 13.2. The molecule has 0 heterocycles. The van der Waals surface area contributed by atoms with Crippen LogP contribution in [-0.2, 0) is 19.2 Å². The first-order chi connectivity index (χ1) is 7.71. The van der Waals surface area contributed by atoms with Crippen LogP contribution >= 0.6 is 0 Å². The smallest absolute Gasteiger partial charge is 0.372 e. The summed E-state index contributed by atoms with van der Waals surface area (Å²) in [6.45, 7) is 1.25. The molecule has 0 spiro atoms. The molecule has 7 nitrogen and oxygen atoms in total. The maximum absolute atomic E-state index is 11.3. The molecule has 0 aromatic rings. The molecule has 0 radical (unpaired) electrons. The molecule has 2 saturated carbocycles. The minimum atomic E-state index is -1.64. The molecule has 4 unspecified atom stereocenters. The molecule has 0 aromatic heterocycles. The number of carbonyl (C=O) groups is 4. The first-order valence-electron chi connectivity index (χ1n) is 4.95. The number of hydrogen-bond acceptors (Lipinski definition) is 4. The van der Waals surface area contributed by atoms with Crippen LogP contribution in [0.5, 0.6) is 0 Å². The Hall–Kier alpha value is -1.92. The number of rotatable bonds is 4. The molecule has 92 valence electrons. The average molecular weight is 242 g/mol. The fraction of sp³-hybridized carbons (Fsp3) is 0.600. The topological polar surface area (TPSA) is 129 Å². The SMILES string of the molecule is CC1(C(=O)O)C2C(C(=O)C(=O)O)CC21C(=O)O. The molecule has 2 aliphatic rings. The van der Waals surface area contributed by atoms with Crippen LogP contribution in [-0.4, -0.2) is 39.0 Å². The van der Waals surface area contributed by atoms with E-state index in [1.165, 1.54) is 6.92 Å². The predicted molar refractivity (Wildman–Crippen MR) is 50.1 cm³/mol. The second-order valence-corrected chi connectivity index (χ2v) is 4.74. The highest BCUT2D eigenvalue weighted by Gasteiger charge is 2.91. The van der Waals surface area contributed by atoms with E-state index in [1.807, 2.05) is 0 Å². The van der Waals surface area contributed by atoms with Gasteiger partial charge in [0.1, 0.15) is 0 Å². The second-order valence-electron chi connectivity index (χ2n) is 4.74. The van der Waals surface area contributed by atoms with Crippen LogP contribution in [0.3, 0.4) is 0 Å². The lowest BCUT2D eigenvalue weighted by atomic mass is 9.72. The van der Waals surface area contributed by atoms with E-state index < -0.39 is 46.4 Å². The molecule has 4 atom stereocenters. The molecule has 0 aliphatic heterocycles. The molecule has 0 aromatic carbocycles. The number of fused-ring (bicyclic) bond motifs is 1. The third-order valence-electron chi connectivity index (χ3n) is 4.31. The molecular formula is C10H10O7. The van der Waals surface area contributed by atoms with E-state index in [4.69, 9.17) is 15.3 Å². The molecule has 2 aliphatic carbocycles. The second kappa shape index (κ2) is 2.85. The van der Waals surface area contributed by atoms with Crippen molar-refractivity contribution in [3.63, 3.8) is 0 Å². The average Bonchev–Trinajstić information content (AvgIpc) is 2.58. The quantitative estimate of drug-likeness (QED) is 0.564. The van der Waals surface area contributed by atoms with E-state index in [0.717, 1.165) is 0 Å². The summed E-state index contributed by atoms with van der Waals surface area (Å²) < 4.78 is 0. The van der Waals surface area contributed by atoms with Crippen molar-refractivity contribution in [3.8, 4) is 0 Å². The van der Waals surface area contributed by atoms with Gasteiger partial charge >= 0.3 is 17.9 Å². The third-order valence-corrected chi connectivity index (χ3v) is 4.31. The van der Waals surface area contributed by atoms with Gasteiger partial charge in [-0.3, -0.25) is 14.4 Å². The molecule has 2 rings (SSSR count). The Kier molecular flexibility index (Phi) is 1.94. The zero-order valence-corrected chi connectivity index (χ0v) is 8.84. The Labute approximate surface area is 95.0 Å². The first-order valence-corrected chi connectivity index (χ1v) is 4.95. The fourth-order valence-corrected chi connectivity index (χ4v) is 3.29. The predicted octanol–water partition coefficient (Wildman–Crippen LogP) is -0.548. The van der Waals surface area contributed by atoms with E-state index in [2.05, 4.69) is 0 Å². The van der Waals surface area contributed by atoms with Gasteiger partial charge in [0.25, 0.3) is 0 Å². The Balaban J connectivity index is 2.32. The van der Waals surface area contributed by atoms with Crippen molar-refractivity contribution in [1.29, 1.82) is 0 Å². The lowest BCUT2D eigenvalue weighted by molar-refractivity contribution is -0.158. The number of carboxylic acids is 3. The van der Waals surface area contributed by atoms with Crippen molar-refractivity contribution in [1.82, 2.24) is 0 Å². The maximum atomic E-state index is 11.3. The molecule has 0 saturated heterocycles. The van der Waals surface area contributed by atoms with Gasteiger partial charge in [-0.25, -0.2) is 4.79 Å². The van der Waals surface area contributed by atoms with Crippen molar-refractivity contribution in [2.24, 2.45) is 22.7 Å². The lowest BCUT2D eigenvalue weighted by Gasteiger charge is -2.28. The van der Waals surface area contributed by atoms with E-state index >= 15 is 0 Å². The Bertz CT molecular complexity index is 447. The summed E-state index contributed by atoms with van der Waals surface area (Å²) in [6.07, 6.45) is -0.207. The molecule has 0 amide bonds. The highest BCUT2D eigenvalue weighted by molar-refractivity contribution is 6.34. The van der Waals surface area contributed by atoms with Gasteiger partial charge in [-0.1, -0.05) is 0 Å². The van der Waals surface area contributed by atoms with Crippen molar-refractivity contribution < 1.29 is 34.5 Å². The number of Topliss-reactive ketones (excluding diaryl/α,β-unsaturated/α-hetero) is 1. The van der Waals surface area contributed by atoms with Gasteiger partial charge in [0.05, 0.1) is 10.8 Å². The summed E-state index contributed by atoms with van der Waals surface area (Å²) in [5, 5.41) is 26.6. The third kappa shape index (κ3) is 0.968. The molecule has 0 bridgehead atoms. The molecule has 2 fully saturated rings. The maximum Gasteiger partial charge on any atom is 0.372 e. The standard InChI is InChI=1S/C10H10O7/c1-9(7(14)15)5-3(4(11)6(12)13)2-10(5,9)8(16)17/h3,5H,2H2,1H3,(H,12,13)(H,14,15)(H,16,17). The van der Waals surface area contributed by atoms with Crippen LogP contribution in [0.15, 0.2) is 0 Å². The molecular weight excluding hydrogens is 232 g/mol. The summed E-state index contributed by atoms with van der Waals surface area (Å²) in [7, 11) is 0. The first kappa shape index (κ1) is 11.6. The number of hydrogen-bond donors (Lipinski definition) is 3. The minimum Gasteiger partial charge on any atom is -0.481 e. The zero-order valence-electron chi connectivity index (χ0n) is 8.84. The van der Waals surface area contributed by atoms with Gasteiger partial charge in [0, 0.05) is 11.8 Å². The van der Waals surface area contributed by atoms with Gasteiger partial charge in [-0.05, 0) is 13.3 Å². The van der Waals surface area contributed by atoms with Gasteiger partial charge < -0.3 is 15.3 Å². The number of ketones is 1. The van der Waals surface area contributed by atoms with Gasteiger partial charge in [-0.15, -0.1) is 0 Å². The van der Waals surface area contributed by atoms with E-state index in [0.29, 0.717) is 0 Å². The van der Waals surface area contributed by atoms with Crippen molar-refractivity contribution in [2.75, 3.05) is 0 Å². The van der Waals surface area contributed by atoms with Crippen molar-refractivity contribution in [2.45, 2.75) is 13.3 Å². The number of aliphatic carboxylic acids is 3. The monoisotopic (exact) mass is 242 g/mol. The van der Waals surface area contributed by atoms with Crippen LogP contribution in [0.1, 0.15) is 13.3 Å². The minimum absolute atomic E-state index is 0.207. The van der Waals surface area contributed by atoms with Crippen LogP contribution in [0.25, 0.3) is 0 Å². The summed E-state index contributed by atoms with van der Waals surface area (Å²) in [4.78, 5) is 43.9. The van der Waals surface area contributed by atoms with Crippen LogP contribution in [0.2, 0.25) is 0 Å². The normalized spacial score (nSPS) is 41.9. The molecule has 3 N–H and O–H groups in total. The van der Waals surface area contributed by atoms with E-state index in [1.54, 1.807) is 0 Å². The Morgan fingerprint density at radius 3 is 1.88 bits per heavy atom. The van der Waals surface area contributed by atoms with Crippen molar-refractivity contribution >= 4 is 23.7 Å². The van der Waals surface area contributed by atoms with E-state index in [9.17, 15) is 19.2 Å². The highest BCUT2D eigenvalue weighted by atomic mass is 16.4. The van der Waals surface area contributed by atoms with E-state index in [-0.39, 0.29) is 6.42 Å². The number of carboxylic acid groups (broad SMARTS) is 3. The largest absolute Gasteiger partial charge is 0.481 e. The summed E-state index contributed by atoms with van der Waals surface area (Å²) in [6, 6.07) is 0.